The molecule has 2 rings (SSSR count). The first-order chi connectivity index (χ1) is 15.5. The number of rotatable bonds is 11. The number of carbonyl (C=O) groups excluding carboxylic acids is 1. The minimum absolute atomic E-state index is 0.0157. The lowest BCUT2D eigenvalue weighted by atomic mass is 10.1. The minimum atomic E-state index is -0.689. The average Bonchev–Trinajstić information content (AvgIpc) is 2.75. The zero-order valence-electron chi connectivity index (χ0n) is 20.2. The van der Waals surface area contributed by atoms with Gasteiger partial charge in [0.25, 0.3) is 5.56 Å². The van der Waals surface area contributed by atoms with Crippen LogP contribution in [-0.2, 0) is 11.3 Å². The van der Waals surface area contributed by atoms with Crippen molar-refractivity contribution >= 4 is 23.1 Å². The molecule has 2 aromatic rings. The van der Waals surface area contributed by atoms with E-state index < -0.39 is 17.4 Å². The molecule has 0 radical (unpaired) electrons. The van der Waals surface area contributed by atoms with Crippen LogP contribution in [0.2, 0.25) is 0 Å². The molecule has 1 heterocycles. The molecule has 1 amide bonds. The van der Waals surface area contributed by atoms with Gasteiger partial charge in [-0.15, -0.1) is 0 Å². The van der Waals surface area contributed by atoms with Gasteiger partial charge < -0.3 is 20.6 Å². The summed E-state index contributed by atoms with van der Waals surface area (Å²) in [6.07, 6.45) is -0.0713. The monoisotopic (exact) mass is 459 g/mol. The Kier molecular flexibility index (Phi) is 9.28. The highest BCUT2D eigenvalue weighted by Gasteiger charge is 2.27. The van der Waals surface area contributed by atoms with Crippen LogP contribution in [-0.4, -0.2) is 46.3 Å². The molecule has 33 heavy (non-hydrogen) atoms. The number of nitrogens with zero attached hydrogens (tertiary/aromatic N) is 3. The molecule has 0 saturated carbocycles. The number of amides is 1. The van der Waals surface area contributed by atoms with Gasteiger partial charge in [0.1, 0.15) is 5.82 Å². The molecular weight excluding hydrogens is 422 g/mol. The number of aromatic nitrogens is 2. The van der Waals surface area contributed by atoms with Crippen molar-refractivity contribution in [2.75, 3.05) is 35.2 Å². The number of para-hydroxylation sites is 1. The summed E-state index contributed by atoms with van der Waals surface area (Å²) in [4.78, 5) is 44.2. The Morgan fingerprint density at radius 1 is 1.09 bits per heavy atom. The summed E-state index contributed by atoms with van der Waals surface area (Å²) < 4.78 is 1.30. The van der Waals surface area contributed by atoms with Crippen LogP contribution in [0.4, 0.5) is 17.2 Å². The Balaban J connectivity index is 2.50. The zero-order valence-corrected chi connectivity index (χ0v) is 20.2. The van der Waals surface area contributed by atoms with E-state index in [1.165, 1.54) is 9.47 Å². The van der Waals surface area contributed by atoms with Crippen molar-refractivity contribution in [3.8, 4) is 0 Å². The molecule has 0 unspecified atom stereocenters. The van der Waals surface area contributed by atoms with Crippen LogP contribution in [0.25, 0.3) is 0 Å². The van der Waals surface area contributed by atoms with Gasteiger partial charge in [-0.25, -0.2) is 4.79 Å². The number of hydrogen-bond donors (Lipinski definition) is 3. The highest BCUT2D eigenvalue weighted by molar-refractivity contribution is 5.98. The number of nitrogens with one attached hydrogen (secondary N) is 1. The molecule has 0 bridgehead atoms. The smallest absolute Gasteiger partial charge is 0.330 e. The average molecular weight is 460 g/mol. The standard InChI is InChI=1S/C24H37N5O4/c1-6-19(30)14-27(18-10-8-7-9-11-18)15-20(31)28(12-16(2)3)21-22(25)29(13-17(4)5)24(33)26-23(21)32/h7-11,16-17,19,30H,6,12-15,25H2,1-5H3,(H,26,32,33)/t19-/m0/s1. The lowest BCUT2D eigenvalue weighted by Gasteiger charge is -2.31. The highest BCUT2D eigenvalue weighted by Crippen LogP contribution is 2.21. The number of aliphatic hydroxyl groups excluding tert-OH is 1. The maximum Gasteiger partial charge on any atom is 0.330 e. The van der Waals surface area contributed by atoms with E-state index in [1.54, 1.807) is 4.90 Å². The van der Waals surface area contributed by atoms with E-state index in [-0.39, 0.29) is 48.9 Å². The summed E-state index contributed by atoms with van der Waals surface area (Å²) >= 11 is 0. The first-order valence-electron chi connectivity index (χ1n) is 11.5. The van der Waals surface area contributed by atoms with Gasteiger partial charge in [0.2, 0.25) is 5.91 Å². The number of H-pyrrole nitrogens is 1. The highest BCUT2D eigenvalue weighted by atomic mass is 16.3. The third kappa shape index (κ3) is 6.95. The summed E-state index contributed by atoms with van der Waals surface area (Å²) in [5.74, 6) is -0.208. The number of nitrogens with two attached hydrogens (primary N) is 1. The largest absolute Gasteiger partial charge is 0.391 e. The molecule has 1 aromatic carbocycles. The van der Waals surface area contributed by atoms with Gasteiger partial charge in [-0.1, -0.05) is 52.8 Å². The van der Waals surface area contributed by atoms with Crippen LogP contribution in [0.15, 0.2) is 39.9 Å². The number of anilines is 3. The molecule has 4 N–H and O–H groups in total. The molecule has 9 nitrogen and oxygen atoms in total. The summed E-state index contributed by atoms with van der Waals surface area (Å²) in [5.41, 5.74) is 5.78. The lowest BCUT2D eigenvalue weighted by Crippen LogP contribution is -2.47. The molecule has 0 aliphatic rings. The van der Waals surface area contributed by atoms with E-state index in [4.69, 9.17) is 5.73 Å². The van der Waals surface area contributed by atoms with Gasteiger partial charge in [-0.3, -0.25) is 19.1 Å². The molecule has 0 saturated heterocycles. The minimum Gasteiger partial charge on any atom is -0.391 e. The number of benzene rings is 1. The van der Waals surface area contributed by atoms with E-state index >= 15 is 0 Å². The Morgan fingerprint density at radius 2 is 1.73 bits per heavy atom. The van der Waals surface area contributed by atoms with E-state index in [0.29, 0.717) is 13.0 Å². The van der Waals surface area contributed by atoms with Crippen molar-refractivity contribution in [2.24, 2.45) is 11.8 Å². The van der Waals surface area contributed by atoms with Gasteiger partial charge in [0, 0.05) is 25.3 Å². The number of aromatic amines is 1. The second-order valence-corrected chi connectivity index (χ2v) is 9.17. The number of carbonyl (C=O) groups is 1. The molecule has 0 spiro atoms. The summed E-state index contributed by atoms with van der Waals surface area (Å²) in [6, 6.07) is 9.34. The fourth-order valence-electron chi connectivity index (χ4n) is 3.60. The van der Waals surface area contributed by atoms with Gasteiger partial charge in [-0.2, -0.15) is 0 Å². The van der Waals surface area contributed by atoms with Crippen molar-refractivity contribution in [3.05, 3.63) is 51.2 Å². The van der Waals surface area contributed by atoms with Crippen LogP contribution in [0.1, 0.15) is 41.0 Å². The zero-order chi connectivity index (χ0) is 24.7. The van der Waals surface area contributed by atoms with Crippen LogP contribution < -0.4 is 26.8 Å². The van der Waals surface area contributed by atoms with Crippen LogP contribution in [0, 0.1) is 11.8 Å². The Hall–Kier alpha value is -3.07. The first kappa shape index (κ1) is 26.2. The van der Waals surface area contributed by atoms with Crippen molar-refractivity contribution in [1.82, 2.24) is 9.55 Å². The van der Waals surface area contributed by atoms with Crippen LogP contribution in [0.5, 0.6) is 0 Å². The van der Waals surface area contributed by atoms with Crippen molar-refractivity contribution in [2.45, 2.75) is 53.7 Å². The molecule has 0 aliphatic carbocycles. The molecule has 1 aromatic heterocycles. The van der Waals surface area contributed by atoms with Crippen molar-refractivity contribution in [1.29, 1.82) is 0 Å². The van der Waals surface area contributed by atoms with Crippen molar-refractivity contribution < 1.29 is 9.90 Å². The summed E-state index contributed by atoms with van der Waals surface area (Å²) in [5, 5.41) is 10.3. The molecule has 0 aliphatic heterocycles. The van der Waals surface area contributed by atoms with E-state index in [0.717, 1.165) is 5.69 Å². The normalized spacial score (nSPS) is 12.2. The SMILES string of the molecule is CC[C@H](O)CN(CC(=O)N(CC(C)C)c1c(N)n(CC(C)C)c(=O)[nH]c1=O)c1ccccc1. The third-order valence-corrected chi connectivity index (χ3v) is 5.23. The van der Waals surface area contributed by atoms with E-state index in [2.05, 4.69) is 4.98 Å². The van der Waals surface area contributed by atoms with Gasteiger partial charge >= 0.3 is 5.69 Å². The van der Waals surface area contributed by atoms with Gasteiger partial charge in [0.05, 0.1) is 12.6 Å². The second kappa shape index (κ2) is 11.7. The quantitative estimate of drug-likeness (QED) is 0.472. The topological polar surface area (TPSA) is 125 Å². The van der Waals surface area contributed by atoms with Crippen LogP contribution in [0.3, 0.4) is 0 Å². The first-order valence-corrected chi connectivity index (χ1v) is 11.5. The Labute approximate surface area is 194 Å². The molecule has 182 valence electrons. The predicted molar refractivity (Wildman–Crippen MR) is 133 cm³/mol. The molecule has 1 atom stereocenters. The fraction of sp³-hybridized carbons (Fsp3) is 0.542. The van der Waals surface area contributed by atoms with Crippen LogP contribution >= 0.6 is 0 Å². The van der Waals surface area contributed by atoms with Crippen molar-refractivity contribution in [3.63, 3.8) is 0 Å². The number of aliphatic hydroxyl groups is 1. The summed E-state index contributed by atoms with van der Waals surface area (Å²) in [7, 11) is 0. The maximum atomic E-state index is 13.6. The summed E-state index contributed by atoms with van der Waals surface area (Å²) in [6.45, 7) is 10.4. The molecular formula is C24H37N5O4. The second-order valence-electron chi connectivity index (χ2n) is 9.17. The predicted octanol–water partition coefficient (Wildman–Crippen LogP) is 2.04. The van der Waals surface area contributed by atoms with Gasteiger partial charge in [-0.05, 0) is 30.4 Å². The van der Waals surface area contributed by atoms with Gasteiger partial charge in [0.15, 0.2) is 5.69 Å². The molecule has 9 heteroatoms. The fourth-order valence-corrected chi connectivity index (χ4v) is 3.60. The third-order valence-electron chi connectivity index (χ3n) is 5.23. The number of nitrogen functional groups attached to an aromatic ring is 1. The number of hydrogen-bond acceptors (Lipinski definition) is 6. The maximum absolute atomic E-state index is 13.6. The molecule has 0 fully saturated rings. The lowest BCUT2D eigenvalue weighted by molar-refractivity contribution is -0.117. The Bertz CT molecular complexity index is 1030. The van der Waals surface area contributed by atoms with E-state index in [1.807, 2.05) is 65.0 Å². The van der Waals surface area contributed by atoms with E-state index in [9.17, 15) is 19.5 Å². The Morgan fingerprint density at radius 3 is 2.27 bits per heavy atom.